The summed E-state index contributed by atoms with van der Waals surface area (Å²) in [6, 6.07) is 0.454. The van der Waals surface area contributed by atoms with Gasteiger partial charge in [0.25, 0.3) is 0 Å². The maximum absolute atomic E-state index is 9.68. The van der Waals surface area contributed by atoms with Crippen LogP contribution in [0.5, 0.6) is 0 Å². The molecule has 1 fully saturated rings. The topological polar surface area (TPSA) is 23.5 Å². The van der Waals surface area contributed by atoms with Gasteiger partial charge in [0.05, 0.1) is 6.10 Å². The molecule has 1 saturated carbocycles. The molecule has 1 rings (SSSR count). The van der Waals surface area contributed by atoms with E-state index >= 15 is 0 Å². The first kappa shape index (κ1) is 10.0. The van der Waals surface area contributed by atoms with Crippen molar-refractivity contribution in [2.75, 3.05) is 13.1 Å². The van der Waals surface area contributed by atoms with Gasteiger partial charge in [-0.3, -0.25) is 4.90 Å². The second-order valence-electron chi connectivity index (χ2n) is 3.69. The molecule has 0 radical (unpaired) electrons. The van der Waals surface area contributed by atoms with Crippen LogP contribution in [0.4, 0.5) is 0 Å². The van der Waals surface area contributed by atoms with Gasteiger partial charge in [-0.25, -0.2) is 0 Å². The molecule has 0 aromatic rings. The van der Waals surface area contributed by atoms with Gasteiger partial charge in [0.15, 0.2) is 0 Å². The van der Waals surface area contributed by atoms with Crippen molar-refractivity contribution in [2.45, 2.75) is 51.7 Å². The lowest BCUT2D eigenvalue weighted by Gasteiger charge is -2.29. The number of aliphatic hydroxyl groups excluding tert-OH is 1. The van der Waals surface area contributed by atoms with Crippen LogP contribution in [0.2, 0.25) is 0 Å². The van der Waals surface area contributed by atoms with Crippen molar-refractivity contribution in [2.24, 2.45) is 0 Å². The fourth-order valence-electron chi connectivity index (χ4n) is 2.19. The molecule has 0 aliphatic heterocycles. The largest absolute Gasteiger partial charge is 0.391 e. The Morgan fingerprint density at radius 1 is 1.33 bits per heavy atom. The standard InChI is InChI=1S/C10H21NO/c1-3-8-11(4-2)9-6-5-7-10(9)12/h9-10,12H,3-8H2,1-2H3. The maximum Gasteiger partial charge on any atom is 0.0695 e. The number of aliphatic hydroxyl groups is 1. The van der Waals surface area contributed by atoms with Gasteiger partial charge < -0.3 is 5.11 Å². The average Bonchev–Trinajstić information content (AvgIpc) is 2.47. The van der Waals surface area contributed by atoms with Crippen LogP contribution in [-0.2, 0) is 0 Å². The minimum atomic E-state index is -0.0588. The molecule has 1 aliphatic carbocycles. The van der Waals surface area contributed by atoms with E-state index in [4.69, 9.17) is 0 Å². The van der Waals surface area contributed by atoms with Gasteiger partial charge >= 0.3 is 0 Å². The van der Waals surface area contributed by atoms with Crippen molar-refractivity contribution in [1.82, 2.24) is 4.90 Å². The number of nitrogens with zero attached hydrogens (tertiary/aromatic N) is 1. The van der Waals surface area contributed by atoms with Crippen LogP contribution in [0.25, 0.3) is 0 Å². The summed E-state index contributed by atoms with van der Waals surface area (Å²) in [5.74, 6) is 0. The predicted molar refractivity (Wildman–Crippen MR) is 51.2 cm³/mol. The molecule has 0 heterocycles. The molecule has 2 atom stereocenters. The molecule has 1 N–H and O–H groups in total. The second-order valence-corrected chi connectivity index (χ2v) is 3.69. The molecule has 0 saturated heterocycles. The Morgan fingerprint density at radius 3 is 2.50 bits per heavy atom. The van der Waals surface area contributed by atoms with Crippen molar-refractivity contribution in [1.29, 1.82) is 0 Å². The number of hydrogen-bond donors (Lipinski definition) is 1. The summed E-state index contributed by atoms with van der Waals surface area (Å²) >= 11 is 0. The van der Waals surface area contributed by atoms with Crippen LogP contribution in [0, 0.1) is 0 Å². The number of likely N-dealkylation sites (N-methyl/N-ethyl adjacent to an activating group) is 1. The van der Waals surface area contributed by atoms with Gasteiger partial charge in [-0.05, 0) is 38.8 Å². The zero-order valence-electron chi connectivity index (χ0n) is 8.29. The Kier molecular flexibility index (Phi) is 4.02. The Hall–Kier alpha value is -0.0800. The molecule has 2 heteroatoms. The first-order valence-corrected chi connectivity index (χ1v) is 5.21. The van der Waals surface area contributed by atoms with Crippen LogP contribution in [0.3, 0.4) is 0 Å². The van der Waals surface area contributed by atoms with Gasteiger partial charge in [0.2, 0.25) is 0 Å². The molecule has 2 unspecified atom stereocenters. The van der Waals surface area contributed by atoms with Gasteiger partial charge in [-0.15, -0.1) is 0 Å². The van der Waals surface area contributed by atoms with E-state index in [1.165, 1.54) is 19.3 Å². The van der Waals surface area contributed by atoms with Crippen LogP contribution < -0.4 is 0 Å². The Balaban J connectivity index is 2.41. The Bertz CT molecular complexity index is 127. The molecule has 72 valence electrons. The van der Waals surface area contributed by atoms with E-state index in [1.807, 2.05) is 0 Å². The van der Waals surface area contributed by atoms with Gasteiger partial charge in [-0.1, -0.05) is 13.8 Å². The summed E-state index contributed by atoms with van der Waals surface area (Å²) < 4.78 is 0. The van der Waals surface area contributed by atoms with E-state index in [-0.39, 0.29) is 6.10 Å². The summed E-state index contributed by atoms with van der Waals surface area (Å²) in [6.07, 6.45) is 4.53. The summed E-state index contributed by atoms with van der Waals surface area (Å²) in [4.78, 5) is 2.41. The first-order chi connectivity index (χ1) is 5.79. The highest BCUT2D eigenvalue weighted by atomic mass is 16.3. The zero-order chi connectivity index (χ0) is 8.97. The van der Waals surface area contributed by atoms with E-state index in [0.717, 1.165) is 19.5 Å². The minimum absolute atomic E-state index is 0.0588. The quantitative estimate of drug-likeness (QED) is 0.695. The van der Waals surface area contributed by atoms with Crippen molar-refractivity contribution < 1.29 is 5.11 Å². The zero-order valence-corrected chi connectivity index (χ0v) is 8.29. The maximum atomic E-state index is 9.68. The minimum Gasteiger partial charge on any atom is -0.391 e. The molecular formula is C10H21NO. The summed E-state index contributed by atoms with van der Waals surface area (Å²) in [5.41, 5.74) is 0. The first-order valence-electron chi connectivity index (χ1n) is 5.21. The molecule has 2 nitrogen and oxygen atoms in total. The lowest BCUT2D eigenvalue weighted by Crippen LogP contribution is -2.40. The second kappa shape index (κ2) is 4.83. The van der Waals surface area contributed by atoms with Gasteiger partial charge in [0.1, 0.15) is 0 Å². The molecule has 1 aliphatic rings. The third kappa shape index (κ3) is 2.20. The van der Waals surface area contributed by atoms with Crippen molar-refractivity contribution in [3.63, 3.8) is 0 Å². The van der Waals surface area contributed by atoms with E-state index in [1.54, 1.807) is 0 Å². The van der Waals surface area contributed by atoms with Crippen molar-refractivity contribution >= 4 is 0 Å². The van der Waals surface area contributed by atoms with Crippen molar-refractivity contribution in [3.05, 3.63) is 0 Å². The summed E-state index contributed by atoms with van der Waals surface area (Å²) in [7, 11) is 0. The monoisotopic (exact) mass is 171 g/mol. The molecule has 0 spiro atoms. The molecule has 0 aromatic carbocycles. The van der Waals surface area contributed by atoms with Crippen LogP contribution >= 0.6 is 0 Å². The molecule has 0 bridgehead atoms. The molecule has 0 aromatic heterocycles. The highest BCUT2D eigenvalue weighted by Gasteiger charge is 2.28. The average molecular weight is 171 g/mol. The lowest BCUT2D eigenvalue weighted by atomic mass is 10.1. The van der Waals surface area contributed by atoms with E-state index in [0.29, 0.717) is 6.04 Å². The van der Waals surface area contributed by atoms with Crippen LogP contribution in [0.15, 0.2) is 0 Å². The highest BCUT2D eigenvalue weighted by Crippen LogP contribution is 2.23. The Morgan fingerprint density at radius 2 is 2.08 bits per heavy atom. The smallest absolute Gasteiger partial charge is 0.0695 e. The SMILES string of the molecule is CCCN(CC)C1CCCC1O. The highest BCUT2D eigenvalue weighted by molar-refractivity contribution is 4.84. The number of hydrogen-bond acceptors (Lipinski definition) is 2. The Labute approximate surface area is 75.6 Å². The molecular weight excluding hydrogens is 150 g/mol. The molecule has 0 amide bonds. The van der Waals surface area contributed by atoms with Crippen molar-refractivity contribution in [3.8, 4) is 0 Å². The third-order valence-corrected chi connectivity index (χ3v) is 2.83. The van der Waals surface area contributed by atoms with Crippen LogP contribution in [-0.4, -0.2) is 35.2 Å². The van der Waals surface area contributed by atoms with Crippen LogP contribution in [0.1, 0.15) is 39.5 Å². The third-order valence-electron chi connectivity index (χ3n) is 2.83. The van der Waals surface area contributed by atoms with E-state index < -0.39 is 0 Å². The summed E-state index contributed by atoms with van der Waals surface area (Å²) in [6.45, 7) is 6.60. The lowest BCUT2D eigenvalue weighted by molar-refractivity contribution is 0.0739. The van der Waals surface area contributed by atoms with E-state index in [9.17, 15) is 5.11 Å². The van der Waals surface area contributed by atoms with Gasteiger partial charge in [-0.2, -0.15) is 0 Å². The number of rotatable bonds is 4. The normalized spacial score (nSPS) is 30.0. The predicted octanol–water partition coefficient (Wildman–Crippen LogP) is 1.63. The fraction of sp³-hybridized carbons (Fsp3) is 1.00. The molecule has 12 heavy (non-hydrogen) atoms. The fourth-order valence-corrected chi connectivity index (χ4v) is 2.19. The van der Waals surface area contributed by atoms with Gasteiger partial charge in [0, 0.05) is 6.04 Å². The summed E-state index contributed by atoms with van der Waals surface area (Å²) in [5, 5.41) is 9.68. The van der Waals surface area contributed by atoms with E-state index in [2.05, 4.69) is 18.7 Å².